The van der Waals surface area contributed by atoms with Crippen molar-refractivity contribution in [3.8, 4) is 0 Å². The lowest BCUT2D eigenvalue weighted by atomic mass is 10.1. The average Bonchev–Trinajstić information content (AvgIpc) is 3.00. The second kappa shape index (κ2) is 4.66. The molecule has 2 rings (SSSR count). The summed E-state index contributed by atoms with van der Waals surface area (Å²) in [6.45, 7) is 2.11. The van der Waals surface area contributed by atoms with Gasteiger partial charge in [0.05, 0.1) is 4.90 Å². The third kappa shape index (κ3) is 3.71. The molecule has 1 fully saturated rings. The fourth-order valence-corrected chi connectivity index (χ4v) is 2.52. The van der Waals surface area contributed by atoms with Gasteiger partial charge in [-0.15, -0.1) is 0 Å². The van der Waals surface area contributed by atoms with Gasteiger partial charge in [-0.05, 0) is 37.5 Å². The summed E-state index contributed by atoms with van der Waals surface area (Å²) < 4.78 is 22.4. The number of hydrogen-bond acceptors (Lipinski definition) is 3. The molecule has 1 aromatic carbocycles. The maximum Gasteiger partial charge on any atom is 0.238 e. The molecule has 0 aromatic heterocycles. The van der Waals surface area contributed by atoms with Crippen molar-refractivity contribution in [2.45, 2.75) is 37.1 Å². The highest BCUT2D eigenvalue weighted by molar-refractivity contribution is 7.89. The maximum atomic E-state index is 11.2. The highest BCUT2D eigenvalue weighted by Crippen LogP contribution is 2.34. The van der Waals surface area contributed by atoms with Crippen molar-refractivity contribution < 1.29 is 8.42 Å². The second-order valence-corrected chi connectivity index (χ2v) is 6.36. The molecule has 0 radical (unpaired) electrons. The Labute approximate surface area is 102 Å². The van der Waals surface area contributed by atoms with Crippen LogP contribution in [0.3, 0.4) is 0 Å². The molecule has 1 unspecified atom stereocenters. The number of anilines is 1. The Kier molecular flexibility index (Phi) is 3.40. The topological polar surface area (TPSA) is 72.2 Å². The van der Waals surface area contributed by atoms with Gasteiger partial charge in [0, 0.05) is 11.7 Å². The molecule has 5 heteroatoms. The minimum atomic E-state index is -3.61. The van der Waals surface area contributed by atoms with Crippen LogP contribution in [0.5, 0.6) is 0 Å². The van der Waals surface area contributed by atoms with Gasteiger partial charge in [0.15, 0.2) is 0 Å². The molecule has 0 spiro atoms. The predicted molar refractivity (Wildman–Crippen MR) is 68.2 cm³/mol. The summed E-state index contributed by atoms with van der Waals surface area (Å²) in [6, 6.07) is 7.01. The Morgan fingerprint density at radius 2 is 2.18 bits per heavy atom. The summed E-state index contributed by atoms with van der Waals surface area (Å²) in [5.41, 5.74) is 0.810. The monoisotopic (exact) mass is 254 g/mol. The number of hydrogen-bond donors (Lipinski definition) is 2. The first-order chi connectivity index (χ1) is 7.95. The van der Waals surface area contributed by atoms with E-state index in [9.17, 15) is 8.42 Å². The van der Waals surface area contributed by atoms with E-state index in [-0.39, 0.29) is 4.90 Å². The van der Waals surface area contributed by atoms with Crippen LogP contribution in [0.1, 0.15) is 26.2 Å². The molecule has 4 nitrogen and oxygen atoms in total. The van der Waals surface area contributed by atoms with E-state index < -0.39 is 10.0 Å². The van der Waals surface area contributed by atoms with Crippen LogP contribution in [0.4, 0.5) is 5.69 Å². The molecule has 0 saturated heterocycles. The highest BCUT2D eigenvalue weighted by atomic mass is 32.2. The van der Waals surface area contributed by atoms with Crippen molar-refractivity contribution in [3.63, 3.8) is 0 Å². The van der Waals surface area contributed by atoms with Gasteiger partial charge in [0.1, 0.15) is 0 Å². The Morgan fingerprint density at radius 1 is 1.47 bits per heavy atom. The Balaban J connectivity index is 2.05. The van der Waals surface area contributed by atoms with Crippen LogP contribution in [-0.4, -0.2) is 14.5 Å². The zero-order chi connectivity index (χ0) is 12.5. The molecule has 17 heavy (non-hydrogen) atoms. The number of sulfonamides is 1. The first-order valence-electron chi connectivity index (χ1n) is 5.84. The van der Waals surface area contributed by atoms with Crippen LogP contribution in [0.25, 0.3) is 0 Å². The van der Waals surface area contributed by atoms with Crippen LogP contribution >= 0.6 is 0 Å². The van der Waals surface area contributed by atoms with Crippen molar-refractivity contribution in [1.82, 2.24) is 0 Å². The fraction of sp³-hybridized carbons (Fsp3) is 0.500. The van der Waals surface area contributed by atoms with Gasteiger partial charge in [-0.2, -0.15) is 0 Å². The van der Waals surface area contributed by atoms with Gasteiger partial charge < -0.3 is 5.32 Å². The molecule has 1 atom stereocenters. The smallest absolute Gasteiger partial charge is 0.238 e. The van der Waals surface area contributed by atoms with E-state index in [0.717, 1.165) is 18.0 Å². The summed E-state index contributed by atoms with van der Waals surface area (Å²) in [4.78, 5) is 0.154. The Hall–Kier alpha value is -1.07. The molecule has 0 aliphatic heterocycles. The van der Waals surface area contributed by atoms with Gasteiger partial charge in [-0.25, -0.2) is 13.6 Å². The number of nitrogens with one attached hydrogen (secondary N) is 1. The van der Waals surface area contributed by atoms with Crippen LogP contribution in [0.2, 0.25) is 0 Å². The highest BCUT2D eigenvalue weighted by Gasteiger charge is 2.23. The van der Waals surface area contributed by atoms with E-state index in [4.69, 9.17) is 5.14 Å². The number of benzene rings is 1. The average molecular weight is 254 g/mol. The molecule has 1 aromatic rings. The minimum absolute atomic E-state index is 0.154. The van der Waals surface area contributed by atoms with E-state index >= 15 is 0 Å². The summed E-state index contributed by atoms with van der Waals surface area (Å²) in [7, 11) is -3.61. The van der Waals surface area contributed by atoms with Crippen molar-refractivity contribution in [2.75, 3.05) is 5.32 Å². The van der Waals surface area contributed by atoms with Crippen LogP contribution < -0.4 is 10.5 Å². The Morgan fingerprint density at radius 3 is 2.76 bits per heavy atom. The van der Waals surface area contributed by atoms with Crippen LogP contribution in [0.15, 0.2) is 29.2 Å². The standard InChI is InChI=1S/C12H18N2O2S/c1-9(7-10-5-6-10)14-11-3-2-4-12(8-11)17(13,15)16/h2-4,8-10,14H,5-7H2,1H3,(H2,13,15,16). The number of nitrogens with two attached hydrogens (primary N) is 1. The van der Waals surface area contributed by atoms with Gasteiger partial charge in [0.25, 0.3) is 0 Å². The van der Waals surface area contributed by atoms with E-state index in [1.807, 2.05) is 6.07 Å². The maximum absolute atomic E-state index is 11.2. The molecular weight excluding hydrogens is 236 g/mol. The quantitative estimate of drug-likeness (QED) is 0.843. The molecule has 0 bridgehead atoms. The normalized spacial score (nSPS) is 17.8. The first kappa shape index (κ1) is 12.4. The second-order valence-electron chi connectivity index (χ2n) is 4.80. The van der Waals surface area contributed by atoms with Crippen molar-refractivity contribution in [2.24, 2.45) is 11.1 Å². The Bertz CT molecular complexity index is 495. The first-order valence-corrected chi connectivity index (χ1v) is 7.39. The lowest BCUT2D eigenvalue weighted by Crippen LogP contribution is -2.17. The zero-order valence-corrected chi connectivity index (χ0v) is 10.7. The van der Waals surface area contributed by atoms with E-state index in [1.165, 1.54) is 18.9 Å². The summed E-state index contributed by atoms with van der Waals surface area (Å²) in [5.74, 6) is 0.846. The lowest BCUT2D eigenvalue weighted by molar-refractivity contribution is 0.597. The van der Waals surface area contributed by atoms with Crippen molar-refractivity contribution in [3.05, 3.63) is 24.3 Å². The van der Waals surface area contributed by atoms with E-state index in [1.54, 1.807) is 12.1 Å². The van der Waals surface area contributed by atoms with Crippen LogP contribution in [-0.2, 0) is 10.0 Å². The predicted octanol–water partition coefficient (Wildman–Crippen LogP) is 1.93. The molecular formula is C12H18N2O2S. The molecule has 94 valence electrons. The molecule has 0 heterocycles. The lowest BCUT2D eigenvalue weighted by Gasteiger charge is -2.15. The fourth-order valence-electron chi connectivity index (χ4n) is 1.96. The molecule has 1 aliphatic rings. The van der Waals surface area contributed by atoms with Gasteiger partial charge in [0.2, 0.25) is 10.0 Å². The molecule has 3 N–H and O–H groups in total. The SMILES string of the molecule is CC(CC1CC1)Nc1cccc(S(N)(=O)=O)c1. The third-order valence-corrected chi connectivity index (χ3v) is 3.87. The number of rotatable bonds is 5. The van der Waals surface area contributed by atoms with E-state index in [2.05, 4.69) is 12.2 Å². The van der Waals surface area contributed by atoms with Crippen molar-refractivity contribution >= 4 is 15.7 Å². The van der Waals surface area contributed by atoms with Crippen LogP contribution in [0, 0.1) is 5.92 Å². The van der Waals surface area contributed by atoms with Crippen molar-refractivity contribution in [1.29, 1.82) is 0 Å². The largest absolute Gasteiger partial charge is 0.383 e. The van der Waals surface area contributed by atoms with Gasteiger partial charge in [-0.3, -0.25) is 0 Å². The molecule has 1 aliphatic carbocycles. The van der Waals surface area contributed by atoms with Gasteiger partial charge in [-0.1, -0.05) is 18.9 Å². The summed E-state index contributed by atoms with van der Waals surface area (Å²) in [5, 5.41) is 8.40. The molecule has 1 saturated carbocycles. The minimum Gasteiger partial charge on any atom is -0.383 e. The van der Waals surface area contributed by atoms with E-state index in [0.29, 0.717) is 6.04 Å². The molecule has 0 amide bonds. The summed E-state index contributed by atoms with van der Waals surface area (Å²) >= 11 is 0. The number of primary sulfonamides is 1. The zero-order valence-electron chi connectivity index (χ0n) is 9.89. The summed E-state index contributed by atoms with van der Waals surface area (Å²) in [6.07, 6.45) is 3.78. The van der Waals surface area contributed by atoms with Gasteiger partial charge >= 0.3 is 0 Å². The third-order valence-electron chi connectivity index (χ3n) is 2.96.